The van der Waals surface area contributed by atoms with Gasteiger partial charge in [-0.05, 0) is 14.1 Å². The Morgan fingerprint density at radius 3 is 2.43 bits per heavy atom. The van der Waals surface area contributed by atoms with Gasteiger partial charge in [0.1, 0.15) is 15.4 Å². The summed E-state index contributed by atoms with van der Waals surface area (Å²) >= 11 is 0. The molecule has 1 fully saturated rings. The first-order valence-electron chi connectivity index (χ1n) is 5.11. The van der Waals surface area contributed by atoms with Crippen LogP contribution in [0.5, 0.6) is 0 Å². The van der Waals surface area contributed by atoms with Crippen LogP contribution in [0.15, 0.2) is 0 Å². The monoisotopic (exact) mass is 218 g/mol. The van der Waals surface area contributed by atoms with Crippen molar-refractivity contribution in [2.24, 2.45) is 0 Å². The summed E-state index contributed by atoms with van der Waals surface area (Å²) in [6.45, 7) is 3.49. The molecule has 0 N–H and O–H groups in total. The van der Waals surface area contributed by atoms with Crippen LogP contribution in [0.4, 0.5) is 0 Å². The van der Waals surface area contributed by atoms with E-state index in [1.807, 2.05) is 0 Å². The van der Waals surface area contributed by atoms with Crippen LogP contribution >= 0.6 is 0 Å². The van der Waals surface area contributed by atoms with E-state index in [2.05, 4.69) is 23.9 Å². The molecule has 0 aromatic heterocycles. The van der Waals surface area contributed by atoms with Gasteiger partial charge < -0.3 is 19.3 Å². The summed E-state index contributed by atoms with van der Waals surface area (Å²) in [4.78, 5) is 4.83. The highest BCUT2D eigenvalue weighted by molar-refractivity contribution is 6.38. The number of methoxy groups -OCH3 is 2. The lowest BCUT2D eigenvalue weighted by atomic mass is 10.3. The molecule has 84 valence electrons. The summed E-state index contributed by atoms with van der Waals surface area (Å²) in [5.74, 6) is 0.0638. The molecule has 1 saturated heterocycles. The zero-order valence-electron chi connectivity index (χ0n) is 9.69. The zero-order chi connectivity index (χ0) is 10.6. The fourth-order valence-corrected chi connectivity index (χ4v) is 3.83. The quantitative estimate of drug-likeness (QED) is 0.443. The van der Waals surface area contributed by atoms with Crippen molar-refractivity contribution in [1.82, 2.24) is 9.80 Å². The molecule has 0 aromatic rings. The van der Waals surface area contributed by atoms with Gasteiger partial charge in [-0.2, -0.15) is 0 Å². The Labute approximate surface area is 89.0 Å². The summed E-state index contributed by atoms with van der Waals surface area (Å²) in [5, 5.41) is 0. The van der Waals surface area contributed by atoms with Gasteiger partial charge in [-0.1, -0.05) is 0 Å². The summed E-state index contributed by atoms with van der Waals surface area (Å²) in [7, 11) is 7.48. The molecule has 1 aliphatic heterocycles. The maximum atomic E-state index is 5.28. The molecule has 0 spiro atoms. The highest BCUT2D eigenvalue weighted by atomic mass is 28.2. The largest absolute Gasteiger partial charge is 0.360 e. The summed E-state index contributed by atoms with van der Waals surface area (Å²) in [5.41, 5.74) is 0.679. The van der Waals surface area contributed by atoms with Crippen molar-refractivity contribution in [3.05, 3.63) is 0 Å². The van der Waals surface area contributed by atoms with Gasteiger partial charge in [-0.15, -0.1) is 0 Å². The SMILES string of the molecule is COC(OC)[SiH2]C1CN(C)CCN1C. The molecule has 14 heavy (non-hydrogen) atoms. The van der Waals surface area contributed by atoms with Crippen molar-refractivity contribution in [2.45, 2.75) is 11.6 Å². The minimum absolute atomic E-state index is 0.0638. The second-order valence-corrected chi connectivity index (χ2v) is 6.11. The molecule has 0 saturated carbocycles. The standard InChI is InChI=1S/C9H22N2O2Si/c1-10-5-6-11(2)8(7-10)14-9(12-3)13-4/h8-9H,5-7,14H2,1-4H3. The Bertz CT molecular complexity index is 167. The molecule has 4 nitrogen and oxygen atoms in total. The van der Waals surface area contributed by atoms with E-state index in [-0.39, 0.29) is 15.4 Å². The predicted octanol–water partition coefficient (Wildman–Crippen LogP) is -1.07. The molecule has 1 aliphatic rings. The maximum Gasteiger partial charge on any atom is 0.135 e. The van der Waals surface area contributed by atoms with Crippen molar-refractivity contribution < 1.29 is 9.47 Å². The lowest BCUT2D eigenvalue weighted by molar-refractivity contribution is -0.0471. The maximum absolute atomic E-state index is 5.28. The van der Waals surface area contributed by atoms with Crippen LogP contribution in [-0.4, -0.2) is 78.8 Å². The Morgan fingerprint density at radius 1 is 1.21 bits per heavy atom. The number of nitrogens with zero attached hydrogens (tertiary/aromatic N) is 2. The van der Waals surface area contributed by atoms with Gasteiger partial charge >= 0.3 is 0 Å². The number of rotatable bonds is 4. The van der Waals surface area contributed by atoms with E-state index in [9.17, 15) is 0 Å². The van der Waals surface area contributed by atoms with E-state index in [0.29, 0.717) is 5.67 Å². The van der Waals surface area contributed by atoms with Gasteiger partial charge in [0.2, 0.25) is 0 Å². The molecule has 1 heterocycles. The average molecular weight is 218 g/mol. The molecule has 5 heteroatoms. The van der Waals surface area contributed by atoms with E-state index < -0.39 is 0 Å². The second kappa shape index (κ2) is 5.82. The molecular formula is C9H22N2O2Si. The Hall–Kier alpha value is 0.0569. The van der Waals surface area contributed by atoms with E-state index in [4.69, 9.17) is 9.47 Å². The van der Waals surface area contributed by atoms with Crippen molar-refractivity contribution in [2.75, 3.05) is 47.9 Å². The zero-order valence-corrected chi connectivity index (χ0v) is 11.1. The lowest BCUT2D eigenvalue weighted by Crippen LogP contribution is -2.55. The number of likely N-dealkylation sites (N-methyl/N-ethyl adjacent to an activating group) is 2. The number of hydrogen-bond acceptors (Lipinski definition) is 4. The van der Waals surface area contributed by atoms with Gasteiger partial charge in [0.05, 0.1) is 0 Å². The van der Waals surface area contributed by atoms with E-state index in [1.165, 1.54) is 6.54 Å². The van der Waals surface area contributed by atoms with Crippen LogP contribution in [0.1, 0.15) is 0 Å². The van der Waals surface area contributed by atoms with Crippen LogP contribution in [0.25, 0.3) is 0 Å². The topological polar surface area (TPSA) is 24.9 Å². The van der Waals surface area contributed by atoms with Gasteiger partial charge in [0.25, 0.3) is 0 Å². The van der Waals surface area contributed by atoms with Crippen LogP contribution in [0, 0.1) is 0 Å². The fraction of sp³-hybridized carbons (Fsp3) is 1.00. The van der Waals surface area contributed by atoms with E-state index in [0.717, 1.165) is 13.1 Å². The van der Waals surface area contributed by atoms with Gasteiger partial charge in [-0.3, -0.25) is 0 Å². The van der Waals surface area contributed by atoms with Crippen molar-refractivity contribution in [3.63, 3.8) is 0 Å². The van der Waals surface area contributed by atoms with E-state index in [1.54, 1.807) is 14.2 Å². The highest BCUT2D eigenvalue weighted by Crippen LogP contribution is 2.06. The Balaban J connectivity index is 2.40. The molecule has 1 unspecified atom stereocenters. The van der Waals surface area contributed by atoms with Crippen LogP contribution in [-0.2, 0) is 9.47 Å². The van der Waals surface area contributed by atoms with Gasteiger partial charge in [0.15, 0.2) is 0 Å². The molecular weight excluding hydrogens is 196 g/mol. The number of hydrogen-bond donors (Lipinski definition) is 0. The fourth-order valence-electron chi connectivity index (χ4n) is 1.87. The van der Waals surface area contributed by atoms with Gasteiger partial charge in [0, 0.05) is 39.5 Å². The predicted molar refractivity (Wildman–Crippen MR) is 60.3 cm³/mol. The summed E-state index contributed by atoms with van der Waals surface area (Å²) < 4.78 is 10.6. The number of piperazine rings is 1. The van der Waals surface area contributed by atoms with Crippen LogP contribution < -0.4 is 0 Å². The first kappa shape index (κ1) is 12.1. The van der Waals surface area contributed by atoms with Gasteiger partial charge in [-0.25, -0.2) is 0 Å². The van der Waals surface area contributed by atoms with Crippen molar-refractivity contribution in [1.29, 1.82) is 0 Å². The van der Waals surface area contributed by atoms with Crippen molar-refractivity contribution in [3.8, 4) is 0 Å². The molecule has 0 aromatic carbocycles. The Kier molecular flexibility index (Phi) is 5.04. The van der Waals surface area contributed by atoms with Crippen molar-refractivity contribution >= 4 is 9.52 Å². The normalized spacial score (nSPS) is 26.8. The smallest absolute Gasteiger partial charge is 0.135 e. The summed E-state index contributed by atoms with van der Waals surface area (Å²) in [6, 6.07) is 0. The third kappa shape index (κ3) is 3.32. The molecule has 0 radical (unpaired) electrons. The highest BCUT2D eigenvalue weighted by Gasteiger charge is 2.25. The molecule has 0 amide bonds. The van der Waals surface area contributed by atoms with Crippen LogP contribution in [0.2, 0.25) is 0 Å². The molecule has 0 aliphatic carbocycles. The minimum atomic E-state index is -0.360. The third-order valence-corrected chi connectivity index (χ3v) is 5.45. The second-order valence-electron chi connectivity index (χ2n) is 4.03. The number of ether oxygens (including phenoxy) is 2. The summed E-state index contributed by atoms with van der Waals surface area (Å²) in [6.07, 6.45) is 0. The molecule has 0 bridgehead atoms. The first-order chi connectivity index (χ1) is 6.67. The molecule has 1 atom stereocenters. The first-order valence-corrected chi connectivity index (χ1v) is 6.75. The third-order valence-electron chi connectivity index (χ3n) is 2.97. The Morgan fingerprint density at radius 2 is 1.86 bits per heavy atom. The average Bonchev–Trinajstić information content (AvgIpc) is 2.19. The van der Waals surface area contributed by atoms with E-state index >= 15 is 0 Å². The minimum Gasteiger partial charge on any atom is -0.360 e. The van der Waals surface area contributed by atoms with Crippen LogP contribution in [0.3, 0.4) is 0 Å². The molecule has 1 rings (SSSR count). The lowest BCUT2D eigenvalue weighted by Gasteiger charge is -2.38.